The van der Waals surface area contributed by atoms with E-state index in [1.165, 1.54) is 0 Å². The van der Waals surface area contributed by atoms with Gasteiger partial charge in [-0.1, -0.05) is 19.1 Å². The van der Waals surface area contributed by atoms with Crippen LogP contribution in [-0.4, -0.2) is 29.1 Å². The first kappa shape index (κ1) is 14.5. The molecule has 1 atom stereocenters. The van der Waals surface area contributed by atoms with Crippen LogP contribution in [0, 0.1) is 0 Å². The molecule has 1 aromatic carbocycles. The van der Waals surface area contributed by atoms with Crippen LogP contribution in [-0.2, 0) is 16.0 Å². The van der Waals surface area contributed by atoms with E-state index in [0.29, 0.717) is 11.3 Å². The summed E-state index contributed by atoms with van der Waals surface area (Å²) in [5.74, 6) is -0.916. The number of aliphatic carboxylic acids is 1. The molecule has 5 heteroatoms. The highest BCUT2D eigenvalue weighted by Crippen LogP contribution is 2.25. The number of nitrogens with one attached hydrogen (secondary N) is 2. The molecule has 1 amide bonds. The summed E-state index contributed by atoms with van der Waals surface area (Å²) in [6.45, 7) is 2.86. The number of benzene rings is 1. The van der Waals surface area contributed by atoms with Crippen LogP contribution >= 0.6 is 0 Å². The van der Waals surface area contributed by atoms with Crippen LogP contribution in [0.1, 0.15) is 31.7 Å². The fraction of sp³-hybridized carbons (Fsp3) is 0.467. The zero-order chi connectivity index (χ0) is 14.6. The molecule has 20 heavy (non-hydrogen) atoms. The SMILES string of the molecule is CCC1(C(=O)Nc2cccc(CC(=O)O)c2)CCCN1. The summed E-state index contributed by atoms with van der Waals surface area (Å²) in [6.07, 6.45) is 2.54. The highest BCUT2D eigenvalue weighted by molar-refractivity contribution is 5.98. The second-order valence-corrected chi connectivity index (χ2v) is 5.19. The lowest BCUT2D eigenvalue weighted by Gasteiger charge is -2.26. The van der Waals surface area contributed by atoms with Gasteiger partial charge in [-0.2, -0.15) is 0 Å². The van der Waals surface area contributed by atoms with Gasteiger partial charge in [-0.15, -0.1) is 0 Å². The van der Waals surface area contributed by atoms with E-state index in [4.69, 9.17) is 5.11 Å². The lowest BCUT2D eigenvalue weighted by Crippen LogP contribution is -2.50. The maximum absolute atomic E-state index is 12.4. The summed E-state index contributed by atoms with van der Waals surface area (Å²) in [6, 6.07) is 6.99. The van der Waals surface area contributed by atoms with Gasteiger partial charge < -0.3 is 15.7 Å². The van der Waals surface area contributed by atoms with Crippen LogP contribution in [0.5, 0.6) is 0 Å². The van der Waals surface area contributed by atoms with E-state index in [0.717, 1.165) is 25.8 Å². The lowest BCUT2D eigenvalue weighted by molar-refractivity contribution is -0.136. The van der Waals surface area contributed by atoms with E-state index in [2.05, 4.69) is 10.6 Å². The van der Waals surface area contributed by atoms with Crippen molar-refractivity contribution in [1.82, 2.24) is 5.32 Å². The standard InChI is InChI=1S/C15H20N2O3/c1-2-15(7-4-8-16-15)14(20)17-12-6-3-5-11(9-12)10-13(18)19/h3,5-6,9,16H,2,4,7-8,10H2,1H3,(H,17,20)(H,18,19). The van der Waals surface area contributed by atoms with Crippen molar-refractivity contribution < 1.29 is 14.7 Å². The summed E-state index contributed by atoms with van der Waals surface area (Å²) < 4.78 is 0. The number of rotatable bonds is 5. The molecule has 2 rings (SSSR count). The number of carboxylic acids is 1. The molecule has 108 valence electrons. The van der Waals surface area contributed by atoms with Crippen LogP contribution in [0.4, 0.5) is 5.69 Å². The van der Waals surface area contributed by atoms with Crippen LogP contribution in [0.25, 0.3) is 0 Å². The summed E-state index contributed by atoms with van der Waals surface area (Å²) in [4.78, 5) is 23.1. The number of hydrogen-bond acceptors (Lipinski definition) is 3. The maximum atomic E-state index is 12.4. The number of amides is 1. The van der Waals surface area contributed by atoms with Gasteiger partial charge in [0.25, 0.3) is 0 Å². The Bertz CT molecular complexity index is 508. The average Bonchev–Trinajstić information content (AvgIpc) is 2.88. The summed E-state index contributed by atoms with van der Waals surface area (Å²) >= 11 is 0. The van der Waals surface area contributed by atoms with E-state index in [-0.39, 0.29) is 12.3 Å². The molecule has 0 aromatic heterocycles. The Hall–Kier alpha value is -1.88. The predicted octanol–water partition coefficient (Wildman–Crippen LogP) is 1.78. The van der Waals surface area contributed by atoms with Crippen LogP contribution in [0.3, 0.4) is 0 Å². The Balaban J connectivity index is 2.09. The number of carbonyl (C=O) groups excluding carboxylic acids is 1. The van der Waals surface area contributed by atoms with Gasteiger partial charge in [-0.3, -0.25) is 9.59 Å². The third-order valence-electron chi connectivity index (χ3n) is 3.82. The highest BCUT2D eigenvalue weighted by atomic mass is 16.4. The molecule has 1 aliphatic heterocycles. The van der Waals surface area contributed by atoms with Gasteiger partial charge in [0, 0.05) is 5.69 Å². The second-order valence-electron chi connectivity index (χ2n) is 5.19. The molecule has 0 bridgehead atoms. The summed E-state index contributed by atoms with van der Waals surface area (Å²) in [7, 11) is 0. The number of hydrogen-bond donors (Lipinski definition) is 3. The Kier molecular flexibility index (Phi) is 4.39. The molecular weight excluding hydrogens is 256 g/mol. The summed E-state index contributed by atoms with van der Waals surface area (Å²) in [5, 5.41) is 15.0. The number of carbonyl (C=O) groups is 2. The van der Waals surface area contributed by atoms with Crippen molar-refractivity contribution in [3.05, 3.63) is 29.8 Å². The topological polar surface area (TPSA) is 78.4 Å². The van der Waals surface area contributed by atoms with Crippen LogP contribution in [0.15, 0.2) is 24.3 Å². The zero-order valence-electron chi connectivity index (χ0n) is 11.6. The molecule has 5 nitrogen and oxygen atoms in total. The molecule has 1 aromatic rings. The maximum Gasteiger partial charge on any atom is 0.307 e. The second kappa shape index (κ2) is 6.05. The Morgan fingerprint density at radius 2 is 2.25 bits per heavy atom. The van der Waals surface area contributed by atoms with Crippen molar-refractivity contribution in [1.29, 1.82) is 0 Å². The smallest absolute Gasteiger partial charge is 0.307 e. The highest BCUT2D eigenvalue weighted by Gasteiger charge is 2.38. The van der Waals surface area contributed by atoms with Gasteiger partial charge >= 0.3 is 5.97 Å². The van der Waals surface area contributed by atoms with Crippen molar-refractivity contribution in [2.75, 3.05) is 11.9 Å². The monoisotopic (exact) mass is 276 g/mol. The van der Waals surface area contributed by atoms with Gasteiger partial charge in [-0.25, -0.2) is 0 Å². The Morgan fingerprint density at radius 3 is 2.85 bits per heavy atom. The molecule has 3 N–H and O–H groups in total. The van der Waals surface area contributed by atoms with Crippen LogP contribution in [0.2, 0.25) is 0 Å². The Morgan fingerprint density at radius 1 is 1.45 bits per heavy atom. The first-order valence-corrected chi connectivity index (χ1v) is 6.93. The van der Waals surface area contributed by atoms with E-state index in [1.807, 2.05) is 6.92 Å². The molecule has 0 aliphatic carbocycles. The van der Waals surface area contributed by atoms with Gasteiger partial charge in [0.2, 0.25) is 5.91 Å². The van der Waals surface area contributed by atoms with Gasteiger partial charge in [0.15, 0.2) is 0 Å². The molecule has 1 fully saturated rings. The van der Waals surface area contributed by atoms with Gasteiger partial charge in [-0.05, 0) is 43.5 Å². The van der Waals surface area contributed by atoms with Gasteiger partial charge in [0.05, 0.1) is 12.0 Å². The normalized spacial score (nSPS) is 21.6. The average molecular weight is 276 g/mol. The quantitative estimate of drug-likeness (QED) is 0.766. The number of carboxylic acid groups (broad SMARTS) is 1. The molecule has 1 heterocycles. The van der Waals surface area contributed by atoms with E-state index in [1.54, 1.807) is 24.3 Å². The minimum absolute atomic E-state index is 0.0371. The molecular formula is C15H20N2O3. The van der Waals surface area contributed by atoms with Crippen LogP contribution < -0.4 is 10.6 Å². The van der Waals surface area contributed by atoms with Crippen molar-refractivity contribution in [2.45, 2.75) is 38.1 Å². The van der Waals surface area contributed by atoms with Crippen molar-refractivity contribution in [3.8, 4) is 0 Å². The predicted molar refractivity (Wildman–Crippen MR) is 76.7 cm³/mol. The molecule has 1 unspecified atom stereocenters. The van der Waals surface area contributed by atoms with Crippen molar-refractivity contribution in [3.63, 3.8) is 0 Å². The molecule has 0 radical (unpaired) electrons. The third kappa shape index (κ3) is 3.17. The van der Waals surface area contributed by atoms with Crippen molar-refractivity contribution >= 4 is 17.6 Å². The first-order chi connectivity index (χ1) is 9.55. The van der Waals surface area contributed by atoms with Crippen molar-refractivity contribution in [2.24, 2.45) is 0 Å². The minimum Gasteiger partial charge on any atom is -0.481 e. The van der Waals surface area contributed by atoms with E-state index >= 15 is 0 Å². The van der Waals surface area contributed by atoms with Gasteiger partial charge in [0.1, 0.15) is 0 Å². The van der Waals surface area contributed by atoms with E-state index in [9.17, 15) is 9.59 Å². The molecule has 0 saturated carbocycles. The number of anilines is 1. The lowest BCUT2D eigenvalue weighted by atomic mass is 9.93. The summed E-state index contributed by atoms with van der Waals surface area (Å²) in [5.41, 5.74) is 0.846. The molecule has 1 saturated heterocycles. The zero-order valence-corrected chi connectivity index (χ0v) is 11.6. The largest absolute Gasteiger partial charge is 0.481 e. The third-order valence-corrected chi connectivity index (χ3v) is 3.82. The van der Waals surface area contributed by atoms with E-state index < -0.39 is 11.5 Å². The Labute approximate surface area is 118 Å². The fourth-order valence-electron chi connectivity index (χ4n) is 2.65. The molecule has 0 spiro atoms. The minimum atomic E-state index is -0.879. The molecule has 1 aliphatic rings. The first-order valence-electron chi connectivity index (χ1n) is 6.93. The fourth-order valence-corrected chi connectivity index (χ4v) is 2.65.